The molecule has 0 spiro atoms. The number of rotatable bonds is 4. The average molecular weight is 296 g/mol. The molecule has 1 saturated carbocycles. The highest BCUT2D eigenvalue weighted by Gasteiger charge is 2.25. The summed E-state index contributed by atoms with van der Waals surface area (Å²) in [4.78, 5) is 12.2. The van der Waals surface area contributed by atoms with E-state index in [1.54, 1.807) is 19.1 Å². The predicted molar refractivity (Wildman–Crippen MR) is 81.1 cm³/mol. The van der Waals surface area contributed by atoms with Gasteiger partial charge in [-0.2, -0.15) is 0 Å². The quantitative estimate of drug-likeness (QED) is 0.917. The van der Waals surface area contributed by atoms with Crippen LogP contribution in [-0.2, 0) is 4.79 Å². The van der Waals surface area contributed by atoms with E-state index < -0.39 is 6.10 Å². The zero-order valence-corrected chi connectivity index (χ0v) is 12.8. The van der Waals surface area contributed by atoms with Gasteiger partial charge in [0.05, 0.1) is 5.02 Å². The molecule has 0 aliphatic heterocycles. The summed E-state index contributed by atoms with van der Waals surface area (Å²) in [5.41, 5.74) is 0. The van der Waals surface area contributed by atoms with Crippen molar-refractivity contribution in [3.63, 3.8) is 0 Å². The van der Waals surface area contributed by atoms with E-state index in [1.165, 1.54) is 19.3 Å². The Balaban J connectivity index is 1.90. The molecule has 1 aliphatic carbocycles. The van der Waals surface area contributed by atoms with Gasteiger partial charge in [0.2, 0.25) is 0 Å². The maximum atomic E-state index is 12.2. The van der Waals surface area contributed by atoms with Gasteiger partial charge >= 0.3 is 0 Å². The van der Waals surface area contributed by atoms with Gasteiger partial charge in [0.1, 0.15) is 5.75 Å². The number of halogens is 1. The summed E-state index contributed by atoms with van der Waals surface area (Å²) in [6, 6.07) is 7.48. The van der Waals surface area contributed by atoms with Gasteiger partial charge in [-0.3, -0.25) is 4.79 Å². The van der Waals surface area contributed by atoms with Crippen LogP contribution < -0.4 is 10.1 Å². The first-order chi connectivity index (χ1) is 9.58. The molecule has 0 radical (unpaired) electrons. The third-order valence-corrected chi connectivity index (χ3v) is 4.26. The van der Waals surface area contributed by atoms with Crippen LogP contribution in [0.4, 0.5) is 0 Å². The van der Waals surface area contributed by atoms with Gasteiger partial charge in [-0.05, 0) is 37.8 Å². The number of hydrogen-bond acceptors (Lipinski definition) is 2. The lowest BCUT2D eigenvalue weighted by Gasteiger charge is -2.30. The fourth-order valence-corrected chi connectivity index (χ4v) is 2.80. The maximum Gasteiger partial charge on any atom is 0.261 e. The van der Waals surface area contributed by atoms with Gasteiger partial charge < -0.3 is 10.1 Å². The monoisotopic (exact) mass is 295 g/mol. The van der Waals surface area contributed by atoms with Gasteiger partial charge in [-0.15, -0.1) is 0 Å². The molecule has 0 bridgehead atoms. The first-order valence-corrected chi connectivity index (χ1v) is 7.67. The number of hydrogen-bond donors (Lipinski definition) is 1. The Morgan fingerprint density at radius 2 is 2.05 bits per heavy atom. The SMILES string of the molecule is C[C@@H](Oc1ccccc1Cl)C(=O)N[C@@H]1CCCC[C@@H]1C. The molecule has 1 aromatic rings. The van der Waals surface area contributed by atoms with Crippen molar-refractivity contribution in [2.75, 3.05) is 0 Å². The topological polar surface area (TPSA) is 38.3 Å². The first-order valence-electron chi connectivity index (χ1n) is 7.29. The number of carbonyl (C=O) groups is 1. The highest BCUT2D eigenvalue weighted by molar-refractivity contribution is 6.32. The van der Waals surface area contributed by atoms with E-state index in [0.29, 0.717) is 16.7 Å². The zero-order valence-electron chi connectivity index (χ0n) is 12.1. The van der Waals surface area contributed by atoms with Gasteiger partial charge in [0, 0.05) is 6.04 Å². The van der Waals surface area contributed by atoms with Gasteiger partial charge in [-0.25, -0.2) is 0 Å². The average Bonchev–Trinajstić information content (AvgIpc) is 2.43. The smallest absolute Gasteiger partial charge is 0.261 e. The second-order valence-corrected chi connectivity index (χ2v) is 5.97. The number of ether oxygens (including phenoxy) is 1. The van der Waals surface area contributed by atoms with E-state index in [0.717, 1.165) is 6.42 Å². The Bertz CT molecular complexity index is 464. The number of carbonyl (C=O) groups excluding carboxylic acids is 1. The summed E-state index contributed by atoms with van der Waals surface area (Å²) in [5, 5.41) is 3.63. The van der Waals surface area contributed by atoms with Crippen molar-refractivity contribution in [1.82, 2.24) is 5.32 Å². The second kappa shape index (κ2) is 6.98. The van der Waals surface area contributed by atoms with E-state index in [1.807, 2.05) is 12.1 Å². The van der Waals surface area contributed by atoms with Crippen LogP contribution in [0.1, 0.15) is 39.5 Å². The van der Waals surface area contributed by atoms with Crippen molar-refractivity contribution >= 4 is 17.5 Å². The van der Waals surface area contributed by atoms with Crippen LogP contribution in [0.25, 0.3) is 0 Å². The molecule has 0 saturated heterocycles. The van der Waals surface area contributed by atoms with Crippen LogP contribution in [0, 0.1) is 5.92 Å². The highest BCUT2D eigenvalue weighted by Crippen LogP contribution is 2.25. The second-order valence-electron chi connectivity index (χ2n) is 5.57. The third kappa shape index (κ3) is 3.89. The molecular formula is C16H22ClNO2. The Morgan fingerprint density at radius 1 is 1.35 bits per heavy atom. The molecule has 0 heterocycles. The predicted octanol–water partition coefficient (Wildman–Crippen LogP) is 3.80. The van der Waals surface area contributed by atoms with Crippen molar-refractivity contribution < 1.29 is 9.53 Å². The molecule has 3 nitrogen and oxygen atoms in total. The largest absolute Gasteiger partial charge is 0.479 e. The van der Waals surface area contributed by atoms with Crippen molar-refractivity contribution in [1.29, 1.82) is 0 Å². The summed E-state index contributed by atoms with van der Waals surface area (Å²) in [7, 11) is 0. The minimum absolute atomic E-state index is 0.0660. The molecule has 1 aliphatic rings. The Labute approximate surface area is 125 Å². The Hall–Kier alpha value is -1.22. The molecule has 1 amide bonds. The lowest BCUT2D eigenvalue weighted by molar-refractivity contribution is -0.128. The minimum Gasteiger partial charge on any atom is -0.479 e. The van der Waals surface area contributed by atoms with E-state index in [-0.39, 0.29) is 11.9 Å². The summed E-state index contributed by atoms with van der Waals surface area (Å²) in [6.07, 6.45) is 4.16. The van der Waals surface area contributed by atoms with Crippen molar-refractivity contribution in [2.45, 2.75) is 51.7 Å². The molecule has 2 rings (SSSR count). The molecule has 1 N–H and O–H groups in total. The molecule has 3 atom stereocenters. The number of nitrogens with one attached hydrogen (secondary N) is 1. The van der Waals surface area contributed by atoms with Crippen LogP contribution in [0.3, 0.4) is 0 Å². The highest BCUT2D eigenvalue weighted by atomic mass is 35.5. The molecule has 0 unspecified atom stereocenters. The molecule has 20 heavy (non-hydrogen) atoms. The summed E-state index contributed by atoms with van der Waals surface area (Å²) in [5.74, 6) is 1.03. The Kier molecular flexibility index (Phi) is 5.30. The lowest BCUT2D eigenvalue weighted by Crippen LogP contribution is -2.46. The van der Waals surface area contributed by atoms with Crippen LogP contribution in [-0.4, -0.2) is 18.1 Å². The van der Waals surface area contributed by atoms with Gasteiger partial charge in [0.15, 0.2) is 6.10 Å². The molecule has 1 aromatic carbocycles. The maximum absolute atomic E-state index is 12.2. The van der Waals surface area contributed by atoms with Crippen molar-refractivity contribution in [3.8, 4) is 5.75 Å². The van der Waals surface area contributed by atoms with Gasteiger partial charge in [0.25, 0.3) is 5.91 Å². The van der Waals surface area contributed by atoms with Crippen molar-refractivity contribution in [2.24, 2.45) is 5.92 Å². The van der Waals surface area contributed by atoms with Crippen LogP contribution >= 0.6 is 11.6 Å². The minimum atomic E-state index is -0.538. The zero-order chi connectivity index (χ0) is 14.5. The van der Waals surface area contributed by atoms with E-state index in [9.17, 15) is 4.79 Å². The number of benzene rings is 1. The molecule has 1 fully saturated rings. The van der Waals surface area contributed by atoms with Crippen molar-refractivity contribution in [3.05, 3.63) is 29.3 Å². The molecular weight excluding hydrogens is 274 g/mol. The summed E-state index contributed by atoms with van der Waals surface area (Å²) < 4.78 is 5.64. The molecule has 4 heteroatoms. The first kappa shape index (κ1) is 15.2. The number of amides is 1. The van der Waals surface area contributed by atoms with Gasteiger partial charge in [-0.1, -0.05) is 43.5 Å². The van der Waals surface area contributed by atoms with E-state index in [2.05, 4.69) is 12.2 Å². The van der Waals surface area contributed by atoms with Crippen LogP contribution in [0.2, 0.25) is 5.02 Å². The van der Waals surface area contributed by atoms with E-state index in [4.69, 9.17) is 16.3 Å². The fraction of sp³-hybridized carbons (Fsp3) is 0.562. The fourth-order valence-electron chi connectivity index (χ4n) is 2.62. The van der Waals surface area contributed by atoms with E-state index >= 15 is 0 Å². The van der Waals surface area contributed by atoms with Crippen LogP contribution in [0.5, 0.6) is 5.75 Å². The standard InChI is InChI=1S/C16H22ClNO2/c1-11-7-3-5-9-14(11)18-16(19)12(2)20-15-10-6-4-8-13(15)17/h4,6,8,10-12,14H,3,5,7,9H2,1-2H3,(H,18,19)/t11-,12+,14+/m0/s1. The Morgan fingerprint density at radius 3 is 2.75 bits per heavy atom. The normalized spacial score (nSPS) is 23.9. The lowest BCUT2D eigenvalue weighted by atomic mass is 9.86. The third-order valence-electron chi connectivity index (χ3n) is 3.95. The molecule has 110 valence electrons. The summed E-state index contributed by atoms with van der Waals surface area (Å²) >= 11 is 6.03. The summed E-state index contributed by atoms with van der Waals surface area (Å²) in [6.45, 7) is 3.95. The number of para-hydroxylation sites is 1. The van der Waals surface area contributed by atoms with Crippen LogP contribution in [0.15, 0.2) is 24.3 Å². The molecule has 0 aromatic heterocycles.